The number of amides is 3. The van der Waals surface area contributed by atoms with Crippen LogP contribution in [0.4, 0.5) is 5.69 Å². The topological polar surface area (TPSA) is 106 Å². The maximum Gasteiger partial charge on any atom is 0.246 e. The quantitative estimate of drug-likeness (QED) is 0.330. The maximum atomic E-state index is 14.0. The number of rotatable bonds is 11. The molecule has 3 fully saturated rings. The van der Waals surface area contributed by atoms with Gasteiger partial charge in [-0.25, -0.2) is 0 Å². The number of nitrogens with zero attached hydrogens (tertiary/aromatic N) is 1. The van der Waals surface area contributed by atoms with E-state index in [0.29, 0.717) is 44.4 Å². The number of ether oxygens (including phenoxy) is 3. The highest BCUT2D eigenvalue weighted by molar-refractivity contribution is 6.02. The van der Waals surface area contributed by atoms with E-state index in [-0.39, 0.29) is 23.8 Å². The number of anilines is 1. The van der Waals surface area contributed by atoms with E-state index in [1.54, 1.807) is 29.2 Å². The predicted molar refractivity (Wildman–Crippen MR) is 146 cm³/mol. The molecule has 2 saturated heterocycles. The van der Waals surface area contributed by atoms with Crippen molar-refractivity contribution in [3.63, 3.8) is 0 Å². The van der Waals surface area contributed by atoms with Crippen LogP contribution in [0.25, 0.3) is 0 Å². The van der Waals surface area contributed by atoms with E-state index in [4.69, 9.17) is 14.2 Å². The van der Waals surface area contributed by atoms with Crippen LogP contribution in [0.2, 0.25) is 0 Å². The summed E-state index contributed by atoms with van der Waals surface area (Å²) in [5, 5.41) is 6.22. The Kier molecular flexibility index (Phi) is 8.28. The highest BCUT2D eigenvalue weighted by Crippen LogP contribution is 2.55. The van der Waals surface area contributed by atoms with Crippen LogP contribution in [0.15, 0.2) is 36.4 Å². The van der Waals surface area contributed by atoms with E-state index < -0.39 is 29.6 Å². The van der Waals surface area contributed by atoms with Gasteiger partial charge in [-0.1, -0.05) is 31.9 Å². The molecule has 0 aromatic heterocycles. The van der Waals surface area contributed by atoms with Crippen LogP contribution in [-0.2, 0) is 23.9 Å². The third kappa shape index (κ3) is 5.18. The minimum absolute atomic E-state index is 0.0726. The fraction of sp³-hybridized carbons (Fsp3) is 0.633. The molecule has 9 nitrogen and oxygen atoms in total. The van der Waals surface area contributed by atoms with Crippen LogP contribution in [0, 0.1) is 17.8 Å². The van der Waals surface area contributed by atoms with E-state index in [1.807, 2.05) is 26.0 Å². The van der Waals surface area contributed by atoms with E-state index in [1.165, 1.54) is 6.42 Å². The normalized spacial score (nSPS) is 32.8. The van der Waals surface area contributed by atoms with Crippen LogP contribution in [0.3, 0.4) is 0 Å². The number of likely N-dealkylation sites (tertiary alicyclic amines) is 1. The fourth-order valence-electron chi connectivity index (χ4n) is 6.81. The van der Waals surface area contributed by atoms with Crippen molar-refractivity contribution >= 4 is 23.4 Å². The number of benzene rings is 1. The van der Waals surface area contributed by atoms with Crippen LogP contribution in [-0.4, -0.2) is 72.8 Å². The van der Waals surface area contributed by atoms with Gasteiger partial charge in [-0.2, -0.15) is 0 Å². The second-order valence-corrected chi connectivity index (χ2v) is 11.1. The Balaban J connectivity index is 1.38. The maximum absolute atomic E-state index is 14.0. The van der Waals surface area contributed by atoms with Crippen molar-refractivity contribution < 1.29 is 28.6 Å². The second kappa shape index (κ2) is 11.7. The van der Waals surface area contributed by atoms with Gasteiger partial charge in [0.2, 0.25) is 17.7 Å². The molecule has 9 heteroatoms. The van der Waals surface area contributed by atoms with Gasteiger partial charge in [0.25, 0.3) is 0 Å². The average Bonchev–Trinajstić information content (AvgIpc) is 3.56. The predicted octanol–water partition coefficient (Wildman–Crippen LogP) is 3.30. The van der Waals surface area contributed by atoms with E-state index in [9.17, 15) is 14.4 Å². The van der Waals surface area contributed by atoms with Gasteiger partial charge in [-0.15, -0.1) is 0 Å². The van der Waals surface area contributed by atoms with Gasteiger partial charge in [0.05, 0.1) is 24.5 Å². The van der Waals surface area contributed by atoms with Crippen molar-refractivity contribution in [2.45, 2.75) is 76.7 Å². The first-order valence-electron chi connectivity index (χ1n) is 14.5. The molecule has 2 N–H and O–H groups in total. The van der Waals surface area contributed by atoms with Crippen LogP contribution in [0.5, 0.6) is 5.75 Å². The molecule has 1 aromatic rings. The van der Waals surface area contributed by atoms with Crippen LogP contribution >= 0.6 is 0 Å². The van der Waals surface area contributed by atoms with Crippen molar-refractivity contribution in [3.05, 3.63) is 36.4 Å². The number of hydrogen-bond acceptors (Lipinski definition) is 6. The number of carbonyl (C=O) groups excluding carboxylic acids is 3. The first kappa shape index (κ1) is 27.6. The molecule has 5 rings (SSSR count). The minimum Gasteiger partial charge on any atom is -0.494 e. The van der Waals surface area contributed by atoms with Gasteiger partial charge >= 0.3 is 0 Å². The van der Waals surface area contributed by atoms with Gasteiger partial charge < -0.3 is 29.7 Å². The summed E-state index contributed by atoms with van der Waals surface area (Å²) in [6, 6.07) is 6.40. The summed E-state index contributed by atoms with van der Waals surface area (Å²) in [6.07, 6.45) is 8.00. The Morgan fingerprint density at radius 1 is 1.10 bits per heavy atom. The molecule has 5 unspecified atom stereocenters. The Morgan fingerprint density at radius 2 is 1.87 bits per heavy atom. The zero-order chi connectivity index (χ0) is 27.6. The monoisotopic (exact) mass is 539 g/mol. The molecule has 0 radical (unpaired) electrons. The molecule has 39 heavy (non-hydrogen) atoms. The smallest absolute Gasteiger partial charge is 0.246 e. The third-order valence-electron chi connectivity index (χ3n) is 8.69. The SMILES string of the molecule is CCOCCCN1C(=O)[C@@H]2C(C(=O)Nc3ccc(OCC)cc3)[C@@H]3C=CC2(O3)C1C(=O)NC1CCCCC1C. The van der Waals surface area contributed by atoms with E-state index >= 15 is 0 Å². The number of hydrogen-bond donors (Lipinski definition) is 2. The number of carbonyl (C=O) groups is 3. The highest BCUT2D eigenvalue weighted by Gasteiger charge is 2.72. The summed E-state index contributed by atoms with van der Waals surface area (Å²) in [5.74, 6) is -1.08. The summed E-state index contributed by atoms with van der Waals surface area (Å²) in [5.41, 5.74) is -0.542. The molecule has 7 atom stereocenters. The summed E-state index contributed by atoms with van der Waals surface area (Å²) >= 11 is 0. The van der Waals surface area contributed by atoms with Crippen molar-refractivity contribution in [3.8, 4) is 5.75 Å². The van der Waals surface area contributed by atoms with Crippen LogP contribution in [0.1, 0.15) is 52.9 Å². The Morgan fingerprint density at radius 3 is 2.59 bits per heavy atom. The molecule has 3 amide bonds. The zero-order valence-electron chi connectivity index (χ0n) is 23.2. The first-order chi connectivity index (χ1) is 18.9. The molecule has 1 aromatic carbocycles. The molecule has 3 heterocycles. The largest absolute Gasteiger partial charge is 0.494 e. The lowest BCUT2D eigenvalue weighted by Gasteiger charge is -2.36. The van der Waals surface area contributed by atoms with Gasteiger partial charge in [0.1, 0.15) is 17.4 Å². The van der Waals surface area contributed by atoms with Crippen molar-refractivity contribution in [2.24, 2.45) is 17.8 Å². The fourth-order valence-corrected chi connectivity index (χ4v) is 6.81. The number of fused-ring (bicyclic) bond motifs is 1. The molecule has 212 valence electrons. The Hall–Kier alpha value is -2.91. The van der Waals surface area contributed by atoms with Gasteiger partial charge in [0, 0.05) is 31.5 Å². The van der Waals surface area contributed by atoms with Gasteiger partial charge in [-0.3, -0.25) is 14.4 Å². The molecule has 1 spiro atoms. The van der Waals surface area contributed by atoms with Crippen LogP contribution < -0.4 is 15.4 Å². The Bertz CT molecular complexity index is 1090. The van der Waals surface area contributed by atoms with Crippen molar-refractivity contribution in [1.29, 1.82) is 0 Å². The Labute approximate surface area is 230 Å². The summed E-state index contributed by atoms with van der Waals surface area (Å²) in [7, 11) is 0. The molecule has 2 bridgehead atoms. The van der Waals surface area contributed by atoms with Gasteiger partial charge in [0.15, 0.2) is 0 Å². The lowest BCUT2D eigenvalue weighted by molar-refractivity contribution is -0.141. The molecular formula is C30H41N3O6. The highest BCUT2D eigenvalue weighted by atomic mass is 16.5. The van der Waals surface area contributed by atoms with E-state index in [2.05, 4.69) is 17.6 Å². The average molecular weight is 540 g/mol. The van der Waals surface area contributed by atoms with E-state index in [0.717, 1.165) is 25.0 Å². The third-order valence-corrected chi connectivity index (χ3v) is 8.69. The second-order valence-electron chi connectivity index (χ2n) is 11.1. The molecule has 1 aliphatic carbocycles. The minimum atomic E-state index is -1.16. The molecule has 1 saturated carbocycles. The molecule has 4 aliphatic rings. The standard InChI is InChI=1S/C30H41N3O6/c1-4-37-18-8-17-33-26(28(35)32-22-10-7-6-9-19(22)3)30-16-15-23(39-30)24(25(30)29(33)36)27(34)31-20-11-13-21(14-12-20)38-5-2/h11-16,19,22-26H,4-10,17-18H2,1-3H3,(H,31,34)(H,32,35)/t19?,22?,23-,24?,25-,26?,30?/m0/s1. The molecule has 3 aliphatic heterocycles. The lowest BCUT2D eigenvalue weighted by Crippen LogP contribution is -2.57. The lowest BCUT2D eigenvalue weighted by atomic mass is 9.74. The molecular weight excluding hydrogens is 498 g/mol. The summed E-state index contributed by atoms with van der Waals surface area (Å²) in [4.78, 5) is 43.1. The summed E-state index contributed by atoms with van der Waals surface area (Å²) in [6.45, 7) is 8.01. The first-order valence-corrected chi connectivity index (χ1v) is 14.5. The van der Waals surface area contributed by atoms with Crippen molar-refractivity contribution in [1.82, 2.24) is 10.2 Å². The summed E-state index contributed by atoms with van der Waals surface area (Å²) < 4.78 is 17.4. The number of nitrogens with one attached hydrogen (secondary N) is 2. The van der Waals surface area contributed by atoms with Gasteiger partial charge in [-0.05, 0) is 63.3 Å². The zero-order valence-corrected chi connectivity index (χ0v) is 23.2. The van der Waals surface area contributed by atoms with Crippen molar-refractivity contribution in [2.75, 3.05) is 31.7 Å².